The summed E-state index contributed by atoms with van der Waals surface area (Å²) < 4.78 is 0. The van der Waals surface area contributed by atoms with Crippen LogP contribution in [0.5, 0.6) is 0 Å². The molecule has 2 unspecified atom stereocenters. The van der Waals surface area contributed by atoms with Crippen molar-refractivity contribution in [1.29, 1.82) is 0 Å². The van der Waals surface area contributed by atoms with E-state index in [1.807, 2.05) is 64.2 Å². The summed E-state index contributed by atoms with van der Waals surface area (Å²) in [6.45, 7) is 0. The van der Waals surface area contributed by atoms with Gasteiger partial charge in [-0.25, -0.2) is 0 Å². The van der Waals surface area contributed by atoms with Gasteiger partial charge in [0.15, 0.2) is 0 Å². The van der Waals surface area contributed by atoms with Gasteiger partial charge in [-0.05, 0) is 87.4 Å². The SMILES string of the molecule is [CH]1[CH][CH][CH][CH]1.[CH]1[CH][CH][CH][CH]1.[Zr+2].c1ccc(PP(Pc2ccccc2)c2ccccc2)cc1. The molecule has 0 nitrogen and oxygen atoms in total. The fraction of sp³-hybridized carbons (Fsp3) is 0. The Morgan fingerprint density at radius 1 is 0.375 bits per heavy atom. The van der Waals surface area contributed by atoms with Crippen LogP contribution in [0.1, 0.15) is 0 Å². The van der Waals surface area contributed by atoms with E-state index in [0.29, 0.717) is 0 Å². The Hall–Kier alpha value is -0.167. The van der Waals surface area contributed by atoms with Crippen molar-refractivity contribution in [2.24, 2.45) is 0 Å². The Bertz CT molecular complexity index is 737. The molecule has 2 aliphatic carbocycles. The van der Waals surface area contributed by atoms with Gasteiger partial charge < -0.3 is 0 Å². The van der Waals surface area contributed by atoms with Crippen molar-refractivity contribution in [2.75, 3.05) is 0 Å². The van der Waals surface area contributed by atoms with Crippen LogP contribution in [0.3, 0.4) is 0 Å². The molecule has 0 N–H and O–H groups in total. The first-order chi connectivity index (χ1) is 15.4. The summed E-state index contributed by atoms with van der Waals surface area (Å²) in [6.07, 6.45) is 20.0. The van der Waals surface area contributed by atoms with E-state index >= 15 is 0 Å². The van der Waals surface area contributed by atoms with Gasteiger partial charge in [0.2, 0.25) is 0 Å². The third-order valence-electron chi connectivity index (χ3n) is 4.15. The average Bonchev–Trinajstić information content (AvgIpc) is 3.60. The summed E-state index contributed by atoms with van der Waals surface area (Å²) in [5.74, 6) is 0. The molecule has 5 rings (SSSR count). The minimum absolute atomic E-state index is 0. The summed E-state index contributed by atoms with van der Waals surface area (Å²) in [5, 5.41) is 4.45. The summed E-state index contributed by atoms with van der Waals surface area (Å²) in [6, 6.07) is 32.8. The predicted octanol–water partition coefficient (Wildman–Crippen LogP) is 6.67. The Labute approximate surface area is 220 Å². The van der Waals surface area contributed by atoms with Gasteiger partial charge in [-0.1, -0.05) is 108 Å². The topological polar surface area (TPSA) is 0 Å². The molecule has 0 saturated heterocycles. The van der Waals surface area contributed by atoms with Gasteiger partial charge in [0.25, 0.3) is 0 Å². The van der Waals surface area contributed by atoms with Gasteiger partial charge in [0, 0.05) is 0 Å². The van der Waals surface area contributed by atoms with Gasteiger partial charge in [0.05, 0.1) is 0 Å². The summed E-state index contributed by atoms with van der Waals surface area (Å²) in [5.41, 5.74) is 0. The second kappa shape index (κ2) is 18.2. The fourth-order valence-electron chi connectivity index (χ4n) is 2.66. The van der Waals surface area contributed by atoms with Crippen molar-refractivity contribution in [2.45, 2.75) is 0 Å². The zero-order valence-corrected chi connectivity index (χ0v) is 23.2. The maximum atomic E-state index is 2.29. The molecular weight excluding hydrogens is 520 g/mol. The molecule has 4 heteroatoms. The van der Waals surface area contributed by atoms with E-state index in [0.717, 1.165) is 16.5 Å². The molecule has 3 aromatic carbocycles. The van der Waals surface area contributed by atoms with Crippen molar-refractivity contribution in [3.05, 3.63) is 155 Å². The summed E-state index contributed by atoms with van der Waals surface area (Å²) >= 11 is 0. The van der Waals surface area contributed by atoms with Gasteiger partial charge in [-0.15, -0.1) is 0 Å². The third kappa shape index (κ3) is 11.8. The van der Waals surface area contributed by atoms with E-state index in [1.54, 1.807) is 0 Å². The zero-order valence-electron chi connectivity index (χ0n) is 17.9. The maximum absolute atomic E-state index is 2.29. The van der Waals surface area contributed by atoms with Crippen LogP contribution < -0.4 is 15.9 Å². The predicted molar refractivity (Wildman–Crippen MR) is 145 cm³/mol. The second-order valence-electron chi connectivity index (χ2n) is 6.55. The fourth-order valence-corrected chi connectivity index (χ4v) is 11.8. The molecule has 2 saturated carbocycles. The molecule has 10 radical (unpaired) electrons. The molecule has 0 aromatic heterocycles. The smallest absolute Gasteiger partial charge is 0.0622 e. The molecule has 2 fully saturated rings. The van der Waals surface area contributed by atoms with E-state index < -0.39 is 0 Å². The van der Waals surface area contributed by atoms with Gasteiger partial charge in [-0.3, -0.25) is 0 Å². The van der Waals surface area contributed by atoms with Crippen molar-refractivity contribution >= 4 is 39.8 Å². The first-order valence-corrected chi connectivity index (χ1v) is 15.3. The Kier molecular flexibility index (Phi) is 16.0. The van der Waals surface area contributed by atoms with E-state index in [2.05, 4.69) is 91.0 Å². The molecule has 0 bridgehead atoms. The van der Waals surface area contributed by atoms with Crippen LogP contribution in [0.4, 0.5) is 0 Å². The van der Waals surface area contributed by atoms with Crippen molar-refractivity contribution in [3.8, 4) is 0 Å². The second-order valence-corrected chi connectivity index (χ2v) is 14.7. The monoisotopic (exact) mass is 546 g/mol. The molecule has 0 heterocycles. The number of hydrogen-bond acceptors (Lipinski definition) is 0. The molecule has 32 heavy (non-hydrogen) atoms. The quantitative estimate of drug-likeness (QED) is 0.313. The molecule has 2 atom stereocenters. The van der Waals surface area contributed by atoms with Crippen LogP contribution in [0.2, 0.25) is 0 Å². The molecule has 0 spiro atoms. The van der Waals surface area contributed by atoms with Crippen LogP contribution in [-0.4, -0.2) is 0 Å². The average molecular weight is 548 g/mol. The van der Waals surface area contributed by atoms with E-state index in [4.69, 9.17) is 0 Å². The standard InChI is InChI=1S/C18H17P3.2C5H5.Zr/c1-4-10-16(11-5-1)19-21(18-14-8-3-9-15-18)20-17-12-6-2-7-13-17;2*1-2-4-5-3-1;/h1-15,19-20H;2*1-5H;/q;;;+2. The Balaban J connectivity index is 0.000000271. The zero-order chi connectivity index (χ0) is 21.4. The van der Waals surface area contributed by atoms with Crippen LogP contribution in [0.15, 0.2) is 91.0 Å². The van der Waals surface area contributed by atoms with Crippen molar-refractivity contribution < 1.29 is 26.2 Å². The minimum Gasteiger partial charge on any atom is -0.0622 e. The largest absolute Gasteiger partial charge is 2.00 e. The summed E-state index contributed by atoms with van der Waals surface area (Å²) in [4.78, 5) is 0. The molecule has 0 aliphatic heterocycles. The summed E-state index contributed by atoms with van der Waals surface area (Å²) in [7, 11) is 1.60. The van der Waals surface area contributed by atoms with Crippen molar-refractivity contribution in [1.82, 2.24) is 0 Å². The van der Waals surface area contributed by atoms with Crippen LogP contribution in [0, 0.1) is 64.2 Å². The molecule has 156 valence electrons. The van der Waals surface area contributed by atoms with Gasteiger partial charge in [0.1, 0.15) is 0 Å². The van der Waals surface area contributed by atoms with Gasteiger partial charge in [-0.2, -0.15) is 0 Å². The number of benzene rings is 3. The third-order valence-corrected chi connectivity index (χ3v) is 13.1. The van der Waals surface area contributed by atoms with Gasteiger partial charge >= 0.3 is 26.2 Å². The van der Waals surface area contributed by atoms with Crippen LogP contribution >= 0.6 is 23.8 Å². The first kappa shape index (κ1) is 28.1. The van der Waals surface area contributed by atoms with E-state index in [-0.39, 0.29) is 33.5 Å². The van der Waals surface area contributed by atoms with E-state index in [9.17, 15) is 0 Å². The Morgan fingerprint density at radius 3 is 0.969 bits per heavy atom. The van der Waals surface area contributed by atoms with Crippen molar-refractivity contribution in [3.63, 3.8) is 0 Å². The maximum Gasteiger partial charge on any atom is 2.00 e. The van der Waals surface area contributed by atoms with Crippen LogP contribution in [-0.2, 0) is 26.2 Å². The van der Waals surface area contributed by atoms with E-state index in [1.165, 1.54) is 15.9 Å². The van der Waals surface area contributed by atoms with Crippen LogP contribution in [0.25, 0.3) is 0 Å². The molecule has 3 aromatic rings. The molecular formula is C28H27P3Zr+2. The minimum atomic E-state index is -0.153. The number of hydrogen-bond donors (Lipinski definition) is 0. The normalized spacial score (nSPS) is 16.1. The molecule has 2 aliphatic rings. The first-order valence-electron chi connectivity index (χ1n) is 10.2. The number of rotatable bonds is 5. The Morgan fingerprint density at radius 2 is 0.656 bits per heavy atom. The molecule has 0 amide bonds.